The van der Waals surface area contributed by atoms with Crippen molar-refractivity contribution in [3.8, 4) is 11.4 Å². The summed E-state index contributed by atoms with van der Waals surface area (Å²) in [5.41, 5.74) is 5.98. The molecule has 0 aliphatic heterocycles. The number of rotatable bonds is 5. The number of H-pyrrole nitrogens is 1. The SMILES string of the molecule is CCOc1ccc(-n2c(CCN)n[nH]c2=O)cc1. The summed E-state index contributed by atoms with van der Waals surface area (Å²) in [7, 11) is 0. The van der Waals surface area contributed by atoms with Crippen LogP contribution in [0.2, 0.25) is 0 Å². The summed E-state index contributed by atoms with van der Waals surface area (Å²) in [5.74, 6) is 1.41. The van der Waals surface area contributed by atoms with Gasteiger partial charge in [0.2, 0.25) is 0 Å². The number of aromatic nitrogens is 3. The molecule has 0 aliphatic carbocycles. The van der Waals surface area contributed by atoms with Gasteiger partial charge >= 0.3 is 5.69 Å². The molecule has 96 valence electrons. The number of aromatic amines is 1. The first-order chi connectivity index (χ1) is 8.76. The molecule has 0 amide bonds. The van der Waals surface area contributed by atoms with Crippen LogP contribution in [-0.4, -0.2) is 27.9 Å². The number of ether oxygens (including phenoxy) is 1. The molecule has 1 aromatic carbocycles. The van der Waals surface area contributed by atoms with Crippen LogP contribution in [0.15, 0.2) is 29.1 Å². The molecule has 2 aromatic rings. The highest BCUT2D eigenvalue weighted by Crippen LogP contribution is 2.15. The molecule has 0 atom stereocenters. The summed E-state index contributed by atoms with van der Waals surface area (Å²) in [6.07, 6.45) is 0.548. The van der Waals surface area contributed by atoms with E-state index < -0.39 is 0 Å². The monoisotopic (exact) mass is 248 g/mol. The Kier molecular flexibility index (Phi) is 3.78. The van der Waals surface area contributed by atoms with Crippen LogP contribution in [0.5, 0.6) is 5.75 Å². The first-order valence-electron chi connectivity index (χ1n) is 5.86. The van der Waals surface area contributed by atoms with Gasteiger partial charge in [-0.25, -0.2) is 14.5 Å². The lowest BCUT2D eigenvalue weighted by atomic mass is 10.3. The molecule has 6 nitrogen and oxygen atoms in total. The zero-order valence-electron chi connectivity index (χ0n) is 10.2. The standard InChI is InChI=1S/C12H16N4O2/c1-2-18-10-5-3-9(4-6-10)16-11(7-8-13)14-15-12(16)17/h3-6H,2,7-8,13H2,1H3,(H,15,17). The molecule has 0 spiro atoms. The van der Waals surface area contributed by atoms with E-state index in [4.69, 9.17) is 10.5 Å². The van der Waals surface area contributed by atoms with Crippen molar-refractivity contribution in [1.82, 2.24) is 14.8 Å². The summed E-state index contributed by atoms with van der Waals surface area (Å²) in [4.78, 5) is 11.7. The Labute approximate surface area is 104 Å². The smallest absolute Gasteiger partial charge is 0.347 e. The lowest BCUT2D eigenvalue weighted by Gasteiger charge is -2.07. The Balaban J connectivity index is 2.36. The largest absolute Gasteiger partial charge is 0.494 e. The van der Waals surface area contributed by atoms with Gasteiger partial charge in [0.05, 0.1) is 12.3 Å². The summed E-state index contributed by atoms with van der Waals surface area (Å²) < 4.78 is 6.87. The van der Waals surface area contributed by atoms with Gasteiger partial charge in [-0.15, -0.1) is 0 Å². The lowest BCUT2D eigenvalue weighted by Crippen LogP contribution is -2.18. The Morgan fingerprint density at radius 3 is 2.72 bits per heavy atom. The van der Waals surface area contributed by atoms with Crippen LogP contribution >= 0.6 is 0 Å². The van der Waals surface area contributed by atoms with Crippen molar-refractivity contribution < 1.29 is 4.74 Å². The molecular formula is C12H16N4O2. The van der Waals surface area contributed by atoms with Gasteiger partial charge in [0, 0.05) is 6.42 Å². The van der Waals surface area contributed by atoms with Crippen molar-refractivity contribution in [2.45, 2.75) is 13.3 Å². The van der Waals surface area contributed by atoms with Gasteiger partial charge in [-0.3, -0.25) is 0 Å². The summed E-state index contributed by atoms with van der Waals surface area (Å²) >= 11 is 0. The van der Waals surface area contributed by atoms with E-state index in [0.29, 0.717) is 25.4 Å². The zero-order chi connectivity index (χ0) is 13.0. The van der Waals surface area contributed by atoms with Crippen molar-refractivity contribution in [2.75, 3.05) is 13.2 Å². The molecule has 0 aliphatic rings. The molecule has 2 rings (SSSR count). The molecule has 0 bridgehead atoms. The van der Waals surface area contributed by atoms with Crippen LogP contribution in [-0.2, 0) is 6.42 Å². The van der Waals surface area contributed by atoms with Crippen molar-refractivity contribution in [1.29, 1.82) is 0 Å². The van der Waals surface area contributed by atoms with Crippen LogP contribution in [0.25, 0.3) is 5.69 Å². The van der Waals surface area contributed by atoms with Crippen LogP contribution in [0.3, 0.4) is 0 Å². The second-order valence-corrected chi connectivity index (χ2v) is 3.75. The highest BCUT2D eigenvalue weighted by molar-refractivity contribution is 5.38. The Hall–Kier alpha value is -2.08. The Bertz CT molecular complexity index is 556. The van der Waals surface area contributed by atoms with E-state index in [1.165, 1.54) is 4.57 Å². The maximum Gasteiger partial charge on any atom is 0.347 e. The molecule has 0 radical (unpaired) electrons. The topological polar surface area (TPSA) is 85.9 Å². The van der Waals surface area contributed by atoms with E-state index in [1.807, 2.05) is 31.2 Å². The quantitative estimate of drug-likeness (QED) is 0.805. The first-order valence-corrected chi connectivity index (χ1v) is 5.86. The number of nitrogens with zero attached hydrogens (tertiary/aromatic N) is 2. The van der Waals surface area contributed by atoms with Crippen LogP contribution < -0.4 is 16.2 Å². The number of hydrogen-bond acceptors (Lipinski definition) is 4. The van der Waals surface area contributed by atoms with Crippen molar-refractivity contribution in [3.63, 3.8) is 0 Å². The molecule has 0 fully saturated rings. The first kappa shape index (κ1) is 12.4. The molecule has 0 saturated carbocycles. The fourth-order valence-corrected chi connectivity index (χ4v) is 1.75. The van der Waals surface area contributed by atoms with Crippen molar-refractivity contribution >= 4 is 0 Å². The van der Waals surface area contributed by atoms with Gasteiger partial charge < -0.3 is 10.5 Å². The van der Waals surface area contributed by atoms with E-state index in [-0.39, 0.29) is 5.69 Å². The summed E-state index contributed by atoms with van der Waals surface area (Å²) in [6, 6.07) is 7.29. The van der Waals surface area contributed by atoms with Gasteiger partial charge in [-0.1, -0.05) is 0 Å². The minimum absolute atomic E-state index is 0.261. The van der Waals surface area contributed by atoms with E-state index in [2.05, 4.69) is 10.2 Å². The van der Waals surface area contributed by atoms with Gasteiger partial charge in [0.1, 0.15) is 11.6 Å². The predicted molar refractivity (Wildman–Crippen MR) is 68.1 cm³/mol. The highest BCUT2D eigenvalue weighted by Gasteiger charge is 2.09. The van der Waals surface area contributed by atoms with Crippen LogP contribution in [0.4, 0.5) is 0 Å². The highest BCUT2D eigenvalue weighted by atomic mass is 16.5. The second-order valence-electron chi connectivity index (χ2n) is 3.75. The molecular weight excluding hydrogens is 232 g/mol. The third kappa shape index (κ3) is 2.43. The van der Waals surface area contributed by atoms with Gasteiger partial charge in [-0.05, 0) is 37.7 Å². The summed E-state index contributed by atoms with van der Waals surface area (Å²) in [5, 5.41) is 6.39. The van der Waals surface area contributed by atoms with E-state index >= 15 is 0 Å². The maximum atomic E-state index is 11.7. The third-order valence-electron chi connectivity index (χ3n) is 2.52. The fraction of sp³-hybridized carbons (Fsp3) is 0.333. The van der Waals surface area contributed by atoms with E-state index in [1.54, 1.807) is 0 Å². The minimum atomic E-state index is -0.261. The average molecular weight is 248 g/mol. The van der Waals surface area contributed by atoms with E-state index in [0.717, 1.165) is 11.4 Å². The number of benzene rings is 1. The normalized spacial score (nSPS) is 10.6. The van der Waals surface area contributed by atoms with Gasteiger partial charge in [-0.2, -0.15) is 5.10 Å². The second kappa shape index (κ2) is 5.50. The molecule has 0 unspecified atom stereocenters. The predicted octanol–water partition coefficient (Wildman–Crippen LogP) is 0.460. The maximum absolute atomic E-state index is 11.7. The number of hydrogen-bond donors (Lipinski definition) is 2. The fourth-order valence-electron chi connectivity index (χ4n) is 1.75. The molecule has 1 aromatic heterocycles. The molecule has 0 saturated heterocycles. The Morgan fingerprint density at radius 2 is 2.11 bits per heavy atom. The lowest BCUT2D eigenvalue weighted by molar-refractivity contribution is 0.340. The molecule has 6 heteroatoms. The van der Waals surface area contributed by atoms with Gasteiger partial charge in [0.15, 0.2) is 0 Å². The number of nitrogens with two attached hydrogens (primary N) is 1. The minimum Gasteiger partial charge on any atom is -0.494 e. The average Bonchev–Trinajstić information content (AvgIpc) is 2.73. The third-order valence-corrected chi connectivity index (χ3v) is 2.52. The number of nitrogens with one attached hydrogen (secondary N) is 1. The van der Waals surface area contributed by atoms with Crippen LogP contribution in [0, 0.1) is 0 Å². The van der Waals surface area contributed by atoms with Gasteiger partial charge in [0.25, 0.3) is 0 Å². The zero-order valence-corrected chi connectivity index (χ0v) is 10.2. The van der Waals surface area contributed by atoms with Crippen LogP contribution in [0.1, 0.15) is 12.7 Å². The molecule has 1 heterocycles. The van der Waals surface area contributed by atoms with Crippen molar-refractivity contribution in [3.05, 3.63) is 40.6 Å². The molecule has 3 N–H and O–H groups in total. The summed E-state index contributed by atoms with van der Waals surface area (Å²) in [6.45, 7) is 2.98. The van der Waals surface area contributed by atoms with E-state index in [9.17, 15) is 4.79 Å². The van der Waals surface area contributed by atoms with Crippen molar-refractivity contribution in [2.24, 2.45) is 5.73 Å². The Morgan fingerprint density at radius 1 is 1.39 bits per heavy atom. The molecule has 18 heavy (non-hydrogen) atoms.